The van der Waals surface area contributed by atoms with Crippen molar-refractivity contribution in [2.24, 2.45) is 16.6 Å². The fourth-order valence-electron chi connectivity index (χ4n) is 1.76. The Morgan fingerprint density at radius 2 is 2.33 bits per heavy atom. The Morgan fingerprint density at radius 3 is 2.94 bits per heavy atom. The second-order valence-electron chi connectivity index (χ2n) is 3.96. The van der Waals surface area contributed by atoms with E-state index in [2.05, 4.69) is 4.99 Å². The molecule has 94 valence electrons. The average Bonchev–Trinajstić information content (AvgIpc) is 2.38. The molecule has 1 aliphatic rings. The predicted molar refractivity (Wildman–Crippen MR) is 66.7 cm³/mol. The van der Waals surface area contributed by atoms with Gasteiger partial charge in [0.25, 0.3) is 0 Å². The third-order valence-corrected chi connectivity index (χ3v) is 2.76. The minimum Gasteiger partial charge on any atom is -0.494 e. The van der Waals surface area contributed by atoms with Crippen LogP contribution < -0.4 is 10.5 Å². The van der Waals surface area contributed by atoms with E-state index in [9.17, 15) is 9.18 Å². The highest BCUT2D eigenvalue weighted by Gasteiger charge is 2.17. The normalized spacial score (nSPS) is 18.3. The van der Waals surface area contributed by atoms with Gasteiger partial charge in [-0.1, -0.05) is 0 Å². The zero-order chi connectivity index (χ0) is 13.1. The third-order valence-electron chi connectivity index (χ3n) is 2.76. The van der Waals surface area contributed by atoms with E-state index in [-0.39, 0.29) is 11.7 Å². The smallest absolute Gasteiger partial charge is 0.224 e. The number of primary amides is 1. The van der Waals surface area contributed by atoms with Gasteiger partial charge in [-0.2, -0.15) is 0 Å². The number of aliphatic imine (C=N–C) groups is 1. The first-order valence-electron chi connectivity index (χ1n) is 5.49. The lowest BCUT2D eigenvalue weighted by Gasteiger charge is -2.13. The molecule has 0 fully saturated rings. The van der Waals surface area contributed by atoms with Gasteiger partial charge in [-0.3, -0.25) is 9.79 Å². The van der Waals surface area contributed by atoms with Crippen LogP contribution in [0.25, 0.3) is 5.70 Å². The number of nitrogens with two attached hydrogens (primary N) is 1. The molecule has 0 saturated carbocycles. The molecule has 4 nitrogen and oxygen atoms in total. The first-order chi connectivity index (χ1) is 8.61. The Morgan fingerprint density at radius 1 is 1.56 bits per heavy atom. The summed E-state index contributed by atoms with van der Waals surface area (Å²) in [5, 5.41) is 0. The van der Waals surface area contributed by atoms with Crippen molar-refractivity contribution in [1.82, 2.24) is 0 Å². The predicted octanol–water partition coefficient (Wildman–Crippen LogP) is 1.75. The van der Waals surface area contributed by atoms with E-state index in [1.54, 1.807) is 18.4 Å². The fraction of sp³-hybridized carbons (Fsp3) is 0.231. The van der Waals surface area contributed by atoms with Gasteiger partial charge in [0.05, 0.1) is 18.7 Å². The van der Waals surface area contributed by atoms with Crippen molar-refractivity contribution in [3.8, 4) is 5.75 Å². The summed E-state index contributed by atoms with van der Waals surface area (Å²) in [6.45, 7) is 0. The summed E-state index contributed by atoms with van der Waals surface area (Å²) in [7, 11) is 1.40. The molecule has 0 aromatic heterocycles. The third kappa shape index (κ3) is 2.40. The molecule has 1 amide bonds. The van der Waals surface area contributed by atoms with Crippen molar-refractivity contribution < 1.29 is 13.9 Å². The largest absolute Gasteiger partial charge is 0.494 e. The SMILES string of the molecule is COc1ccc(C2=CC(C(N)=O)CC=N2)cc1F. The van der Waals surface area contributed by atoms with Crippen LogP contribution in [-0.2, 0) is 4.79 Å². The Hall–Kier alpha value is -2.17. The summed E-state index contributed by atoms with van der Waals surface area (Å²) in [5.74, 6) is -1.09. The minimum absolute atomic E-state index is 0.172. The Kier molecular flexibility index (Phi) is 3.41. The van der Waals surface area contributed by atoms with Gasteiger partial charge in [0.2, 0.25) is 5.91 Å². The number of amides is 1. The maximum atomic E-state index is 13.6. The Balaban J connectivity index is 2.34. The van der Waals surface area contributed by atoms with Crippen LogP contribution in [0.2, 0.25) is 0 Å². The van der Waals surface area contributed by atoms with E-state index >= 15 is 0 Å². The second-order valence-corrected chi connectivity index (χ2v) is 3.96. The first kappa shape index (κ1) is 12.3. The van der Waals surface area contributed by atoms with Crippen LogP contribution in [0.3, 0.4) is 0 Å². The second kappa shape index (κ2) is 5.00. The van der Waals surface area contributed by atoms with Crippen molar-refractivity contribution in [2.75, 3.05) is 7.11 Å². The molecular formula is C13H13FN2O2. The molecule has 1 unspecified atom stereocenters. The highest BCUT2D eigenvalue weighted by molar-refractivity contribution is 5.88. The van der Waals surface area contributed by atoms with Crippen molar-refractivity contribution in [3.63, 3.8) is 0 Å². The molecule has 1 aromatic rings. The number of benzene rings is 1. The summed E-state index contributed by atoms with van der Waals surface area (Å²) < 4.78 is 18.4. The molecule has 0 radical (unpaired) electrons. The van der Waals surface area contributed by atoms with E-state index in [1.165, 1.54) is 19.2 Å². The molecule has 2 N–H and O–H groups in total. The lowest BCUT2D eigenvalue weighted by molar-refractivity contribution is -0.120. The molecule has 1 aromatic carbocycles. The number of halogens is 1. The fourth-order valence-corrected chi connectivity index (χ4v) is 1.76. The highest BCUT2D eigenvalue weighted by Crippen LogP contribution is 2.26. The molecule has 1 atom stereocenters. The van der Waals surface area contributed by atoms with Crippen molar-refractivity contribution in [3.05, 3.63) is 35.7 Å². The zero-order valence-electron chi connectivity index (χ0n) is 9.89. The van der Waals surface area contributed by atoms with Gasteiger partial charge in [-0.05, 0) is 30.7 Å². The van der Waals surface area contributed by atoms with E-state index in [0.29, 0.717) is 17.7 Å². The molecule has 1 aliphatic heterocycles. The number of hydrogen-bond acceptors (Lipinski definition) is 3. The van der Waals surface area contributed by atoms with Gasteiger partial charge in [-0.25, -0.2) is 4.39 Å². The molecule has 0 bridgehead atoms. The monoisotopic (exact) mass is 248 g/mol. The molecule has 18 heavy (non-hydrogen) atoms. The summed E-state index contributed by atoms with van der Waals surface area (Å²) in [5.41, 5.74) is 6.38. The van der Waals surface area contributed by atoms with Crippen LogP contribution in [0.5, 0.6) is 5.75 Å². The summed E-state index contributed by atoms with van der Waals surface area (Å²) >= 11 is 0. The zero-order valence-corrected chi connectivity index (χ0v) is 9.89. The number of carbonyl (C=O) groups is 1. The minimum atomic E-state index is -0.465. The highest BCUT2D eigenvalue weighted by atomic mass is 19.1. The van der Waals surface area contributed by atoms with Gasteiger partial charge >= 0.3 is 0 Å². The maximum absolute atomic E-state index is 13.6. The standard InChI is InChI=1S/C13H13FN2O2/c1-18-12-3-2-8(6-10(12)14)11-7-9(13(15)17)4-5-16-11/h2-3,5-7,9H,4H2,1H3,(H2,15,17). The molecule has 0 saturated heterocycles. The summed E-state index contributed by atoms with van der Waals surface area (Å²) in [4.78, 5) is 15.3. The van der Waals surface area contributed by atoms with E-state index in [1.807, 2.05) is 0 Å². The van der Waals surface area contributed by atoms with Gasteiger partial charge in [0.15, 0.2) is 11.6 Å². The Bertz CT molecular complexity index is 538. The number of nitrogens with zero attached hydrogens (tertiary/aromatic N) is 1. The average molecular weight is 248 g/mol. The molecular weight excluding hydrogens is 235 g/mol. The van der Waals surface area contributed by atoms with Crippen LogP contribution in [0.15, 0.2) is 29.3 Å². The van der Waals surface area contributed by atoms with Crippen LogP contribution in [0.1, 0.15) is 12.0 Å². The molecule has 1 heterocycles. The van der Waals surface area contributed by atoms with Gasteiger partial charge < -0.3 is 10.5 Å². The lowest BCUT2D eigenvalue weighted by atomic mass is 9.99. The topological polar surface area (TPSA) is 64.7 Å². The lowest BCUT2D eigenvalue weighted by Crippen LogP contribution is -2.23. The van der Waals surface area contributed by atoms with Crippen molar-refractivity contribution in [1.29, 1.82) is 0 Å². The number of methoxy groups -OCH3 is 1. The van der Waals surface area contributed by atoms with E-state index < -0.39 is 11.7 Å². The van der Waals surface area contributed by atoms with Crippen molar-refractivity contribution in [2.45, 2.75) is 6.42 Å². The van der Waals surface area contributed by atoms with Gasteiger partial charge in [-0.15, -0.1) is 0 Å². The van der Waals surface area contributed by atoms with E-state index in [4.69, 9.17) is 10.5 Å². The molecule has 0 spiro atoms. The molecule has 5 heteroatoms. The molecule has 0 aliphatic carbocycles. The first-order valence-corrected chi connectivity index (χ1v) is 5.49. The van der Waals surface area contributed by atoms with E-state index in [0.717, 1.165) is 0 Å². The quantitative estimate of drug-likeness (QED) is 0.885. The number of rotatable bonds is 3. The van der Waals surface area contributed by atoms with Gasteiger partial charge in [0.1, 0.15) is 0 Å². The number of ether oxygens (including phenoxy) is 1. The number of carbonyl (C=O) groups excluding carboxylic acids is 1. The van der Waals surface area contributed by atoms with Crippen LogP contribution >= 0.6 is 0 Å². The summed E-state index contributed by atoms with van der Waals surface area (Å²) in [6.07, 6.45) is 3.76. The van der Waals surface area contributed by atoms with Crippen LogP contribution in [0, 0.1) is 11.7 Å². The van der Waals surface area contributed by atoms with Gasteiger partial charge in [0, 0.05) is 11.8 Å². The number of hydrogen-bond donors (Lipinski definition) is 1. The van der Waals surface area contributed by atoms with Crippen molar-refractivity contribution >= 4 is 17.8 Å². The molecule has 2 rings (SSSR count). The Labute approximate surface area is 104 Å². The van der Waals surface area contributed by atoms with Crippen LogP contribution in [0.4, 0.5) is 4.39 Å². The summed E-state index contributed by atoms with van der Waals surface area (Å²) in [6, 6.07) is 4.54. The van der Waals surface area contributed by atoms with Crippen LogP contribution in [-0.4, -0.2) is 19.2 Å². The maximum Gasteiger partial charge on any atom is 0.224 e.